The number of nitrogens with one attached hydrogen (secondary N) is 2. The molecule has 0 aromatic heterocycles. The van der Waals surface area contributed by atoms with Gasteiger partial charge in [0, 0.05) is 39.3 Å². The zero-order valence-electron chi connectivity index (χ0n) is 16.6. The second kappa shape index (κ2) is 11.4. The summed E-state index contributed by atoms with van der Waals surface area (Å²) in [5, 5.41) is 6.79. The second-order valence-corrected chi connectivity index (χ2v) is 7.19. The highest BCUT2D eigenvalue weighted by atomic mass is 127. The van der Waals surface area contributed by atoms with Gasteiger partial charge in [0.2, 0.25) is 0 Å². The molecule has 0 aliphatic carbocycles. The van der Waals surface area contributed by atoms with Crippen molar-refractivity contribution < 1.29 is 4.39 Å². The quantitative estimate of drug-likeness (QED) is 0.373. The Kier molecular flexibility index (Phi) is 9.18. The summed E-state index contributed by atoms with van der Waals surface area (Å²) in [7, 11) is 1.77. The molecule has 2 aromatic rings. The number of benzene rings is 2. The molecule has 2 aromatic carbocycles. The smallest absolute Gasteiger partial charge is 0.191 e. The Balaban J connectivity index is 0.00000280. The van der Waals surface area contributed by atoms with E-state index in [1.165, 1.54) is 5.56 Å². The van der Waals surface area contributed by atoms with Crippen molar-refractivity contribution in [1.82, 2.24) is 15.5 Å². The molecule has 0 spiro atoms. The van der Waals surface area contributed by atoms with Crippen molar-refractivity contribution in [3.8, 4) is 0 Å². The van der Waals surface area contributed by atoms with Crippen LogP contribution in [0.2, 0.25) is 0 Å². The van der Waals surface area contributed by atoms with Crippen molar-refractivity contribution in [2.45, 2.75) is 38.9 Å². The fourth-order valence-corrected chi connectivity index (χ4v) is 3.40. The van der Waals surface area contributed by atoms with Gasteiger partial charge in [-0.2, -0.15) is 0 Å². The molecular formula is C22H30FIN4. The Labute approximate surface area is 184 Å². The predicted octanol–water partition coefficient (Wildman–Crippen LogP) is 4.08. The maximum atomic E-state index is 13.7. The monoisotopic (exact) mass is 496 g/mol. The molecule has 28 heavy (non-hydrogen) atoms. The molecule has 2 N–H and O–H groups in total. The predicted molar refractivity (Wildman–Crippen MR) is 125 cm³/mol. The molecule has 0 saturated carbocycles. The molecule has 3 rings (SSSR count). The number of nitrogens with zero attached hydrogens (tertiary/aromatic N) is 2. The lowest BCUT2D eigenvalue weighted by molar-refractivity contribution is 0.198. The average molecular weight is 496 g/mol. The number of hydrogen-bond acceptors (Lipinski definition) is 2. The lowest BCUT2D eigenvalue weighted by Gasteiger charge is -2.33. The van der Waals surface area contributed by atoms with Gasteiger partial charge in [0.15, 0.2) is 5.96 Å². The largest absolute Gasteiger partial charge is 0.354 e. The van der Waals surface area contributed by atoms with Crippen molar-refractivity contribution in [1.29, 1.82) is 0 Å². The SMILES string of the molecule is CN=C(NCc1ccc(C)c(F)c1)NC1CCN(Cc2ccccc2)CC1.I. The van der Waals surface area contributed by atoms with Crippen LogP contribution in [0.3, 0.4) is 0 Å². The number of rotatable bonds is 5. The summed E-state index contributed by atoms with van der Waals surface area (Å²) in [6.07, 6.45) is 2.18. The molecule has 1 saturated heterocycles. The number of aryl methyl sites for hydroxylation is 1. The third-order valence-electron chi connectivity index (χ3n) is 5.10. The Morgan fingerprint density at radius 1 is 1.11 bits per heavy atom. The van der Waals surface area contributed by atoms with E-state index in [2.05, 4.69) is 50.9 Å². The molecule has 1 aliphatic rings. The van der Waals surface area contributed by atoms with Crippen LogP contribution >= 0.6 is 24.0 Å². The van der Waals surface area contributed by atoms with Gasteiger partial charge >= 0.3 is 0 Å². The number of halogens is 2. The molecule has 0 amide bonds. The van der Waals surface area contributed by atoms with E-state index in [4.69, 9.17) is 0 Å². The number of aliphatic imine (C=N–C) groups is 1. The molecule has 1 heterocycles. The summed E-state index contributed by atoms with van der Waals surface area (Å²) in [6.45, 7) is 5.50. The molecule has 1 fully saturated rings. The topological polar surface area (TPSA) is 39.7 Å². The summed E-state index contributed by atoms with van der Waals surface area (Å²) >= 11 is 0. The van der Waals surface area contributed by atoms with Crippen LogP contribution in [0.15, 0.2) is 53.5 Å². The van der Waals surface area contributed by atoms with Gasteiger partial charge in [-0.3, -0.25) is 9.89 Å². The van der Waals surface area contributed by atoms with Crippen molar-refractivity contribution in [3.63, 3.8) is 0 Å². The Bertz CT molecular complexity index is 758. The van der Waals surface area contributed by atoms with E-state index in [1.807, 2.05) is 12.1 Å². The Morgan fingerprint density at radius 2 is 1.82 bits per heavy atom. The third-order valence-corrected chi connectivity index (χ3v) is 5.10. The first-order valence-electron chi connectivity index (χ1n) is 9.62. The first kappa shape index (κ1) is 22.6. The molecular weight excluding hydrogens is 466 g/mol. The van der Waals surface area contributed by atoms with Crippen LogP contribution in [-0.2, 0) is 13.1 Å². The number of guanidine groups is 1. The third kappa shape index (κ3) is 6.74. The molecule has 0 bridgehead atoms. The maximum Gasteiger partial charge on any atom is 0.191 e. The van der Waals surface area contributed by atoms with E-state index in [1.54, 1.807) is 20.0 Å². The molecule has 6 heteroatoms. The highest BCUT2D eigenvalue weighted by molar-refractivity contribution is 14.0. The lowest BCUT2D eigenvalue weighted by atomic mass is 10.0. The normalized spacial score (nSPS) is 15.8. The lowest BCUT2D eigenvalue weighted by Crippen LogP contribution is -2.48. The average Bonchev–Trinajstić information content (AvgIpc) is 2.70. The van der Waals surface area contributed by atoms with E-state index in [-0.39, 0.29) is 29.8 Å². The molecule has 152 valence electrons. The van der Waals surface area contributed by atoms with Gasteiger partial charge < -0.3 is 10.6 Å². The van der Waals surface area contributed by atoms with E-state index >= 15 is 0 Å². The van der Waals surface area contributed by atoms with Gasteiger partial charge in [-0.25, -0.2) is 4.39 Å². The molecule has 0 radical (unpaired) electrons. The van der Waals surface area contributed by atoms with Gasteiger partial charge in [-0.05, 0) is 42.5 Å². The number of piperidine rings is 1. The van der Waals surface area contributed by atoms with Crippen LogP contribution in [0.4, 0.5) is 4.39 Å². The van der Waals surface area contributed by atoms with Crippen LogP contribution < -0.4 is 10.6 Å². The van der Waals surface area contributed by atoms with E-state index < -0.39 is 0 Å². The summed E-state index contributed by atoms with van der Waals surface area (Å²) in [6, 6.07) is 16.4. The number of likely N-dealkylation sites (tertiary alicyclic amines) is 1. The maximum absolute atomic E-state index is 13.7. The number of hydrogen-bond donors (Lipinski definition) is 2. The van der Waals surface area contributed by atoms with Crippen molar-refractivity contribution in [3.05, 3.63) is 71.0 Å². The second-order valence-electron chi connectivity index (χ2n) is 7.19. The first-order chi connectivity index (χ1) is 13.1. The van der Waals surface area contributed by atoms with Crippen molar-refractivity contribution >= 4 is 29.9 Å². The highest BCUT2D eigenvalue weighted by Gasteiger charge is 2.20. The standard InChI is InChI=1S/C22H29FN4.HI/c1-17-8-9-19(14-21(17)23)15-25-22(24-2)26-20-10-12-27(13-11-20)16-18-6-4-3-5-7-18;/h3-9,14,20H,10-13,15-16H2,1-2H3,(H2,24,25,26);1H. The summed E-state index contributed by atoms with van der Waals surface area (Å²) < 4.78 is 13.7. The fourth-order valence-electron chi connectivity index (χ4n) is 3.40. The van der Waals surface area contributed by atoms with Crippen molar-refractivity contribution in [2.75, 3.05) is 20.1 Å². The zero-order chi connectivity index (χ0) is 19.1. The van der Waals surface area contributed by atoms with Gasteiger partial charge in [-0.1, -0.05) is 42.5 Å². The van der Waals surface area contributed by atoms with Gasteiger partial charge in [0.25, 0.3) is 0 Å². The molecule has 0 atom stereocenters. The summed E-state index contributed by atoms with van der Waals surface area (Å²) in [5.74, 6) is 0.612. The minimum absolute atomic E-state index is 0. The van der Waals surface area contributed by atoms with Crippen LogP contribution in [0.25, 0.3) is 0 Å². The van der Waals surface area contributed by atoms with Gasteiger partial charge in [-0.15, -0.1) is 24.0 Å². The summed E-state index contributed by atoms with van der Waals surface area (Å²) in [4.78, 5) is 6.81. The fraction of sp³-hybridized carbons (Fsp3) is 0.409. The molecule has 1 aliphatic heterocycles. The Hall–Kier alpha value is -1.67. The van der Waals surface area contributed by atoms with Crippen LogP contribution in [0.1, 0.15) is 29.5 Å². The van der Waals surface area contributed by atoms with E-state index in [0.717, 1.165) is 44.0 Å². The minimum Gasteiger partial charge on any atom is -0.354 e. The van der Waals surface area contributed by atoms with E-state index in [9.17, 15) is 4.39 Å². The van der Waals surface area contributed by atoms with E-state index in [0.29, 0.717) is 18.2 Å². The van der Waals surface area contributed by atoms with Gasteiger partial charge in [0.05, 0.1) is 0 Å². The van der Waals surface area contributed by atoms with Crippen LogP contribution in [-0.4, -0.2) is 37.0 Å². The minimum atomic E-state index is -0.164. The first-order valence-corrected chi connectivity index (χ1v) is 9.62. The van der Waals surface area contributed by atoms with Crippen molar-refractivity contribution in [2.24, 2.45) is 4.99 Å². The summed E-state index contributed by atoms with van der Waals surface area (Å²) in [5.41, 5.74) is 2.95. The molecule has 4 nitrogen and oxygen atoms in total. The molecule has 0 unspecified atom stereocenters. The highest BCUT2D eigenvalue weighted by Crippen LogP contribution is 2.14. The zero-order valence-corrected chi connectivity index (χ0v) is 18.9. The van der Waals surface area contributed by atoms with Crippen LogP contribution in [0, 0.1) is 12.7 Å². The van der Waals surface area contributed by atoms with Gasteiger partial charge in [0.1, 0.15) is 5.82 Å². The van der Waals surface area contributed by atoms with Crippen LogP contribution in [0.5, 0.6) is 0 Å². The Morgan fingerprint density at radius 3 is 2.46 bits per heavy atom.